The first-order chi connectivity index (χ1) is 13.7. The van der Waals surface area contributed by atoms with Crippen molar-refractivity contribution in [2.45, 2.75) is 43.9 Å². The van der Waals surface area contributed by atoms with E-state index in [0.717, 1.165) is 16.0 Å². The molecule has 0 aliphatic heterocycles. The Bertz CT molecular complexity index is 1050. The highest BCUT2D eigenvalue weighted by Crippen LogP contribution is 2.34. The molecule has 0 saturated heterocycles. The molecule has 0 spiro atoms. The Balaban J connectivity index is 2.13. The molecular formula is C22H24N2O4S. The lowest BCUT2D eigenvalue weighted by atomic mass is 10.1. The summed E-state index contributed by atoms with van der Waals surface area (Å²) in [5.41, 5.74) is 2.07. The number of benzene rings is 2. The highest BCUT2D eigenvalue weighted by Gasteiger charge is 2.27. The number of nitrogens with zero attached hydrogens (tertiary/aromatic N) is 2. The second-order valence-corrected chi connectivity index (χ2v) is 8.68. The minimum Gasteiger partial charge on any atom is -0.464 e. The van der Waals surface area contributed by atoms with Gasteiger partial charge in [0.15, 0.2) is 5.69 Å². The van der Waals surface area contributed by atoms with Gasteiger partial charge in [-0.3, -0.25) is 0 Å². The molecule has 1 heterocycles. The first-order valence-electron chi connectivity index (χ1n) is 9.21. The van der Waals surface area contributed by atoms with Crippen molar-refractivity contribution in [3.63, 3.8) is 0 Å². The molecule has 29 heavy (non-hydrogen) atoms. The molecule has 1 aromatic heterocycles. The van der Waals surface area contributed by atoms with E-state index in [0.29, 0.717) is 16.7 Å². The summed E-state index contributed by atoms with van der Waals surface area (Å²) in [6.45, 7) is 7.30. The lowest BCUT2D eigenvalue weighted by molar-refractivity contribution is 0.0518. The number of carbonyl (C=O) groups excluding carboxylic acids is 2. The summed E-state index contributed by atoms with van der Waals surface area (Å²) in [5.74, 6) is 0.119. The highest BCUT2D eigenvalue weighted by molar-refractivity contribution is 7.98. The Kier molecular flexibility index (Phi) is 5.98. The fourth-order valence-electron chi connectivity index (χ4n) is 2.88. The van der Waals surface area contributed by atoms with Crippen LogP contribution in [0.2, 0.25) is 0 Å². The quantitative estimate of drug-likeness (QED) is 0.433. The topological polar surface area (TPSA) is 70.4 Å². The molecule has 0 saturated carbocycles. The molecular weight excluding hydrogens is 388 g/mol. The Morgan fingerprint density at radius 1 is 1.14 bits per heavy atom. The zero-order valence-corrected chi connectivity index (χ0v) is 18.0. The maximum atomic E-state index is 12.8. The first-order valence-corrected chi connectivity index (χ1v) is 10.2. The SMILES string of the molecule is COC(=O)c1nn(C(=O)OC(C)(C)C)c2c(SCc3ccccc3)cc(C)cc12. The minimum absolute atomic E-state index is 0.0959. The van der Waals surface area contributed by atoms with Gasteiger partial charge in [0, 0.05) is 16.0 Å². The molecule has 0 aliphatic rings. The molecule has 6 nitrogen and oxygen atoms in total. The predicted octanol–water partition coefficient (Wildman–Crippen LogP) is 5.21. The third-order valence-electron chi connectivity index (χ3n) is 4.07. The fourth-order valence-corrected chi connectivity index (χ4v) is 4.00. The highest BCUT2D eigenvalue weighted by atomic mass is 32.2. The van der Waals surface area contributed by atoms with Gasteiger partial charge in [-0.1, -0.05) is 30.3 Å². The van der Waals surface area contributed by atoms with Crippen LogP contribution in [0.5, 0.6) is 0 Å². The molecule has 2 aromatic carbocycles. The minimum atomic E-state index is -0.692. The van der Waals surface area contributed by atoms with Crippen LogP contribution in [0.25, 0.3) is 10.9 Å². The van der Waals surface area contributed by atoms with Crippen molar-refractivity contribution in [2.24, 2.45) is 0 Å². The number of rotatable bonds is 4. The van der Waals surface area contributed by atoms with Gasteiger partial charge < -0.3 is 9.47 Å². The van der Waals surface area contributed by atoms with E-state index in [1.54, 1.807) is 32.5 Å². The second kappa shape index (κ2) is 8.29. The number of carbonyl (C=O) groups is 2. The van der Waals surface area contributed by atoms with Crippen LogP contribution in [0.4, 0.5) is 4.79 Å². The number of hydrogen-bond acceptors (Lipinski definition) is 6. The first kappa shape index (κ1) is 20.9. The number of aryl methyl sites for hydroxylation is 1. The van der Waals surface area contributed by atoms with Crippen molar-refractivity contribution in [2.75, 3.05) is 7.11 Å². The maximum absolute atomic E-state index is 12.8. The number of aromatic nitrogens is 2. The molecule has 0 unspecified atom stereocenters. The fraction of sp³-hybridized carbons (Fsp3) is 0.318. The van der Waals surface area contributed by atoms with Gasteiger partial charge in [0.1, 0.15) is 5.60 Å². The van der Waals surface area contributed by atoms with Crippen LogP contribution in [0.15, 0.2) is 47.4 Å². The number of methoxy groups -OCH3 is 1. The average molecular weight is 413 g/mol. The predicted molar refractivity (Wildman–Crippen MR) is 113 cm³/mol. The largest absolute Gasteiger partial charge is 0.464 e. The molecule has 152 valence electrons. The van der Waals surface area contributed by atoms with Crippen molar-refractivity contribution in [1.29, 1.82) is 0 Å². The van der Waals surface area contributed by atoms with Crippen molar-refractivity contribution in [3.8, 4) is 0 Å². The van der Waals surface area contributed by atoms with Crippen LogP contribution in [0, 0.1) is 6.92 Å². The Hall–Kier alpha value is -2.80. The summed E-state index contributed by atoms with van der Waals surface area (Å²) in [6.07, 6.45) is -0.636. The van der Waals surface area contributed by atoms with Gasteiger partial charge in [-0.25, -0.2) is 9.59 Å². The van der Waals surface area contributed by atoms with Crippen LogP contribution in [-0.2, 0) is 15.2 Å². The van der Waals surface area contributed by atoms with Gasteiger partial charge in [0.05, 0.1) is 12.6 Å². The zero-order chi connectivity index (χ0) is 21.2. The van der Waals surface area contributed by atoms with E-state index < -0.39 is 17.7 Å². The van der Waals surface area contributed by atoms with Crippen LogP contribution in [0.1, 0.15) is 42.4 Å². The molecule has 0 amide bonds. The van der Waals surface area contributed by atoms with E-state index in [9.17, 15) is 9.59 Å². The molecule has 0 bridgehead atoms. The van der Waals surface area contributed by atoms with Gasteiger partial charge in [-0.2, -0.15) is 9.78 Å². The van der Waals surface area contributed by atoms with Gasteiger partial charge in [0.25, 0.3) is 0 Å². The van der Waals surface area contributed by atoms with Crippen LogP contribution < -0.4 is 0 Å². The molecule has 0 atom stereocenters. The van der Waals surface area contributed by atoms with Gasteiger partial charge in [-0.15, -0.1) is 11.8 Å². The number of ether oxygens (including phenoxy) is 2. The number of thioether (sulfide) groups is 1. The average Bonchev–Trinajstić information content (AvgIpc) is 3.04. The van der Waals surface area contributed by atoms with E-state index in [2.05, 4.69) is 5.10 Å². The second-order valence-electron chi connectivity index (χ2n) is 7.67. The van der Waals surface area contributed by atoms with Gasteiger partial charge in [0.2, 0.25) is 0 Å². The normalized spacial score (nSPS) is 11.5. The standard InChI is InChI=1S/C22H24N2O4S/c1-14-11-16-18(20(25)27-5)23-24(21(26)28-22(2,3)4)19(16)17(12-14)29-13-15-9-7-6-8-10-15/h6-12H,13H2,1-5H3. The smallest absolute Gasteiger partial charge is 0.435 e. The molecule has 0 fully saturated rings. The van der Waals surface area contributed by atoms with Crippen molar-refractivity contribution in [1.82, 2.24) is 9.78 Å². The van der Waals surface area contributed by atoms with Crippen LogP contribution in [0.3, 0.4) is 0 Å². The maximum Gasteiger partial charge on any atom is 0.435 e. The van der Waals surface area contributed by atoms with E-state index in [4.69, 9.17) is 9.47 Å². The van der Waals surface area contributed by atoms with Crippen molar-refractivity contribution < 1.29 is 19.1 Å². The van der Waals surface area contributed by atoms with E-state index >= 15 is 0 Å². The Morgan fingerprint density at radius 2 is 1.83 bits per heavy atom. The monoisotopic (exact) mass is 412 g/mol. The van der Waals surface area contributed by atoms with Gasteiger partial charge >= 0.3 is 12.1 Å². The number of hydrogen-bond donors (Lipinski definition) is 0. The Morgan fingerprint density at radius 3 is 2.45 bits per heavy atom. The number of fused-ring (bicyclic) bond motifs is 1. The summed E-state index contributed by atoms with van der Waals surface area (Å²) in [5, 5.41) is 4.82. The molecule has 0 N–H and O–H groups in total. The summed E-state index contributed by atoms with van der Waals surface area (Å²) >= 11 is 1.58. The molecule has 7 heteroatoms. The van der Waals surface area contributed by atoms with Crippen molar-refractivity contribution in [3.05, 3.63) is 59.3 Å². The third-order valence-corrected chi connectivity index (χ3v) is 5.17. The molecule has 0 radical (unpaired) electrons. The molecule has 0 aliphatic carbocycles. The lowest BCUT2D eigenvalue weighted by Crippen LogP contribution is -2.28. The number of esters is 1. The van der Waals surface area contributed by atoms with E-state index in [1.807, 2.05) is 49.4 Å². The van der Waals surface area contributed by atoms with Crippen LogP contribution >= 0.6 is 11.8 Å². The molecule has 3 rings (SSSR count). The summed E-state index contributed by atoms with van der Waals surface area (Å²) in [4.78, 5) is 26.0. The lowest BCUT2D eigenvalue weighted by Gasteiger charge is -2.19. The van der Waals surface area contributed by atoms with E-state index in [-0.39, 0.29) is 5.69 Å². The summed E-state index contributed by atoms with van der Waals surface area (Å²) in [6, 6.07) is 13.9. The summed E-state index contributed by atoms with van der Waals surface area (Å²) < 4.78 is 11.5. The third kappa shape index (κ3) is 4.79. The summed E-state index contributed by atoms with van der Waals surface area (Å²) in [7, 11) is 1.29. The van der Waals surface area contributed by atoms with E-state index in [1.165, 1.54) is 11.8 Å². The van der Waals surface area contributed by atoms with Crippen LogP contribution in [-0.4, -0.2) is 34.6 Å². The van der Waals surface area contributed by atoms with Crippen molar-refractivity contribution >= 4 is 34.7 Å². The molecule has 3 aromatic rings. The Labute approximate surface area is 174 Å². The van der Waals surface area contributed by atoms with Gasteiger partial charge in [-0.05, 0) is 51.0 Å². The zero-order valence-electron chi connectivity index (χ0n) is 17.2.